The maximum Gasteiger partial charge on any atom is 0.276 e. The molecule has 1 aliphatic heterocycles. The van der Waals surface area contributed by atoms with E-state index < -0.39 is 0 Å². The van der Waals surface area contributed by atoms with Gasteiger partial charge in [0, 0.05) is 26.0 Å². The number of amides is 1. The van der Waals surface area contributed by atoms with Gasteiger partial charge in [0.05, 0.1) is 30.1 Å². The van der Waals surface area contributed by atoms with Gasteiger partial charge in [-0.15, -0.1) is 0 Å². The van der Waals surface area contributed by atoms with Gasteiger partial charge in [0.15, 0.2) is 5.69 Å². The zero-order chi connectivity index (χ0) is 15.5. The Hall–Kier alpha value is -2.28. The van der Waals surface area contributed by atoms with Crippen LogP contribution < -0.4 is 0 Å². The number of methoxy groups -OCH3 is 1. The van der Waals surface area contributed by atoms with E-state index in [1.165, 1.54) is 0 Å². The van der Waals surface area contributed by atoms with Crippen LogP contribution in [0, 0.1) is 6.92 Å². The summed E-state index contributed by atoms with van der Waals surface area (Å²) in [5.74, 6) is 0.470. The van der Waals surface area contributed by atoms with E-state index >= 15 is 0 Å². The summed E-state index contributed by atoms with van der Waals surface area (Å²) < 4.78 is 10.3. The monoisotopic (exact) mass is 302 g/mol. The SMILES string of the molecule is COCc1c(C(=O)N2CCC[C@@H]2c2cnccn2)noc1C. The number of rotatable bonds is 4. The summed E-state index contributed by atoms with van der Waals surface area (Å²) in [4.78, 5) is 23.0. The molecule has 0 aliphatic carbocycles. The summed E-state index contributed by atoms with van der Waals surface area (Å²) in [6.07, 6.45) is 6.79. The Morgan fingerprint density at radius 3 is 3.09 bits per heavy atom. The minimum Gasteiger partial charge on any atom is -0.380 e. The molecule has 2 aromatic rings. The van der Waals surface area contributed by atoms with Crippen LogP contribution in [-0.4, -0.2) is 39.6 Å². The molecule has 0 unspecified atom stereocenters. The van der Waals surface area contributed by atoms with Crippen molar-refractivity contribution in [3.8, 4) is 0 Å². The van der Waals surface area contributed by atoms with Crippen molar-refractivity contribution in [3.63, 3.8) is 0 Å². The third kappa shape index (κ3) is 2.59. The number of likely N-dealkylation sites (tertiary alicyclic amines) is 1. The fraction of sp³-hybridized carbons (Fsp3) is 0.467. The number of ether oxygens (including phenoxy) is 1. The molecule has 7 nitrogen and oxygen atoms in total. The first kappa shape index (κ1) is 14.6. The smallest absolute Gasteiger partial charge is 0.276 e. The van der Waals surface area contributed by atoms with Crippen molar-refractivity contribution in [2.24, 2.45) is 0 Å². The number of nitrogens with zero attached hydrogens (tertiary/aromatic N) is 4. The highest BCUT2D eigenvalue weighted by atomic mass is 16.5. The number of aromatic nitrogens is 3. The predicted octanol–water partition coefficient (Wildman–Crippen LogP) is 1.90. The van der Waals surface area contributed by atoms with E-state index in [0.717, 1.165) is 18.5 Å². The Labute approximate surface area is 128 Å². The van der Waals surface area contributed by atoms with Crippen LogP contribution in [0.2, 0.25) is 0 Å². The van der Waals surface area contributed by atoms with Gasteiger partial charge in [0.1, 0.15) is 5.76 Å². The maximum absolute atomic E-state index is 12.8. The zero-order valence-corrected chi connectivity index (χ0v) is 12.7. The van der Waals surface area contributed by atoms with E-state index in [1.807, 2.05) is 0 Å². The fourth-order valence-electron chi connectivity index (χ4n) is 2.81. The van der Waals surface area contributed by atoms with E-state index in [9.17, 15) is 4.79 Å². The molecular weight excluding hydrogens is 284 g/mol. The lowest BCUT2D eigenvalue weighted by atomic mass is 10.1. The molecule has 0 saturated carbocycles. The molecule has 0 N–H and O–H groups in total. The first-order valence-corrected chi connectivity index (χ1v) is 7.23. The molecule has 7 heteroatoms. The van der Waals surface area contributed by atoms with E-state index in [2.05, 4.69) is 15.1 Å². The minimum absolute atomic E-state index is 0.0615. The minimum atomic E-state index is -0.142. The third-order valence-electron chi connectivity index (χ3n) is 3.91. The van der Waals surface area contributed by atoms with Crippen molar-refractivity contribution in [2.45, 2.75) is 32.4 Å². The summed E-state index contributed by atoms with van der Waals surface area (Å²) in [7, 11) is 1.58. The fourth-order valence-corrected chi connectivity index (χ4v) is 2.81. The highest BCUT2D eigenvalue weighted by molar-refractivity contribution is 5.94. The van der Waals surface area contributed by atoms with Crippen molar-refractivity contribution in [2.75, 3.05) is 13.7 Å². The van der Waals surface area contributed by atoms with Crippen molar-refractivity contribution < 1.29 is 14.1 Å². The Morgan fingerprint density at radius 1 is 1.50 bits per heavy atom. The molecule has 0 bridgehead atoms. The van der Waals surface area contributed by atoms with Gasteiger partial charge < -0.3 is 14.2 Å². The molecule has 0 radical (unpaired) electrons. The first-order chi connectivity index (χ1) is 10.7. The molecular formula is C15H18N4O3. The van der Waals surface area contributed by atoms with Crippen LogP contribution in [-0.2, 0) is 11.3 Å². The van der Waals surface area contributed by atoms with Gasteiger partial charge in [-0.05, 0) is 19.8 Å². The molecule has 0 spiro atoms. The molecule has 3 rings (SSSR count). The number of hydrogen-bond donors (Lipinski definition) is 0. The van der Waals surface area contributed by atoms with Gasteiger partial charge in [-0.1, -0.05) is 5.16 Å². The van der Waals surface area contributed by atoms with Crippen LogP contribution in [0.25, 0.3) is 0 Å². The molecule has 22 heavy (non-hydrogen) atoms. The van der Waals surface area contributed by atoms with E-state index in [1.54, 1.807) is 37.5 Å². The van der Waals surface area contributed by atoms with Gasteiger partial charge in [0.25, 0.3) is 5.91 Å². The summed E-state index contributed by atoms with van der Waals surface area (Å²) in [6.45, 7) is 2.76. The topological polar surface area (TPSA) is 81.4 Å². The quantitative estimate of drug-likeness (QED) is 0.858. The largest absolute Gasteiger partial charge is 0.380 e. The standard InChI is InChI=1S/C15H18N4O3/c1-10-11(9-21-2)14(18-22-10)15(20)19-7-3-4-13(19)12-8-16-5-6-17-12/h5-6,8,13H,3-4,7,9H2,1-2H3/t13-/m1/s1. The molecule has 1 amide bonds. The van der Waals surface area contributed by atoms with Crippen molar-refractivity contribution in [3.05, 3.63) is 41.3 Å². The van der Waals surface area contributed by atoms with Gasteiger partial charge in [-0.25, -0.2) is 0 Å². The van der Waals surface area contributed by atoms with Crippen molar-refractivity contribution in [1.82, 2.24) is 20.0 Å². The number of hydrogen-bond acceptors (Lipinski definition) is 6. The molecule has 3 heterocycles. The van der Waals surface area contributed by atoms with E-state index in [0.29, 0.717) is 30.2 Å². The normalized spacial score (nSPS) is 17.9. The van der Waals surface area contributed by atoms with Crippen LogP contribution in [0.15, 0.2) is 23.1 Å². The summed E-state index contributed by atoms with van der Waals surface area (Å²) in [5, 5.41) is 3.92. The third-order valence-corrected chi connectivity index (χ3v) is 3.91. The highest BCUT2D eigenvalue weighted by Gasteiger charge is 2.34. The first-order valence-electron chi connectivity index (χ1n) is 7.23. The van der Waals surface area contributed by atoms with E-state index in [-0.39, 0.29) is 11.9 Å². The second-order valence-corrected chi connectivity index (χ2v) is 5.29. The molecule has 1 saturated heterocycles. The van der Waals surface area contributed by atoms with E-state index in [4.69, 9.17) is 9.26 Å². The number of carbonyl (C=O) groups is 1. The molecule has 2 aromatic heterocycles. The summed E-state index contributed by atoms with van der Waals surface area (Å²) in [6, 6.07) is -0.0615. The predicted molar refractivity (Wildman–Crippen MR) is 77.0 cm³/mol. The van der Waals surface area contributed by atoms with Crippen LogP contribution in [0.3, 0.4) is 0 Å². The van der Waals surface area contributed by atoms with Crippen LogP contribution in [0.1, 0.15) is 46.4 Å². The Morgan fingerprint density at radius 2 is 2.36 bits per heavy atom. The summed E-state index contributed by atoms with van der Waals surface area (Å²) >= 11 is 0. The summed E-state index contributed by atoms with van der Waals surface area (Å²) in [5.41, 5.74) is 1.84. The average Bonchev–Trinajstić information content (AvgIpc) is 3.16. The molecule has 116 valence electrons. The lowest BCUT2D eigenvalue weighted by Gasteiger charge is -2.23. The second-order valence-electron chi connectivity index (χ2n) is 5.29. The zero-order valence-electron chi connectivity index (χ0n) is 12.7. The van der Waals surface area contributed by atoms with Crippen LogP contribution >= 0.6 is 0 Å². The molecule has 1 atom stereocenters. The number of aryl methyl sites for hydroxylation is 1. The Bertz CT molecular complexity index is 656. The highest BCUT2D eigenvalue weighted by Crippen LogP contribution is 2.32. The van der Waals surface area contributed by atoms with Crippen molar-refractivity contribution in [1.29, 1.82) is 0 Å². The average molecular weight is 302 g/mol. The van der Waals surface area contributed by atoms with Gasteiger partial charge in [-0.2, -0.15) is 0 Å². The molecule has 1 fully saturated rings. The number of carbonyl (C=O) groups excluding carboxylic acids is 1. The van der Waals surface area contributed by atoms with Gasteiger partial charge >= 0.3 is 0 Å². The van der Waals surface area contributed by atoms with Crippen LogP contribution in [0.5, 0.6) is 0 Å². The molecule has 1 aliphatic rings. The second kappa shape index (κ2) is 6.23. The maximum atomic E-state index is 12.8. The lowest BCUT2D eigenvalue weighted by molar-refractivity contribution is 0.0718. The molecule has 0 aromatic carbocycles. The van der Waals surface area contributed by atoms with Gasteiger partial charge in [-0.3, -0.25) is 14.8 Å². The lowest BCUT2D eigenvalue weighted by Crippen LogP contribution is -2.32. The Kier molecular flexibility index (Phi) is 4.15. The Balaban J connectivity index is 1.88. The van der Waals surface area contributed by atoms with Crippen LogP contribution in [0.4, 0.5) is 0 Å². The van der Waals surface area contributed by atoms with Gasteiger partial charge in [0.2, 0.25) is 0 Å². The van der Waals surface area contributed by atoms with Crippen molar-refractivity contribution >= 4 is 5.91 Å².